The van der Waals surface area contributed by atoms with Crippen LogP contribution < -0.4 is 5.32 Å². The van der Waals surface area contributed by atoms with Crippen LogP contribution in [0.15, 0.2) is 0 Å². The van der Waals surface area contributed by atoms with E-state index in [1.165, 1.54) is 12.8 Å². The molecule has 1 saturated carbocycles. The molecule has 1 saturated heterocycles. The summed E-state index contributed by atoms with van der Waals surface area (Å²) in [4.78, 5) is 2.09. The van der Waals surface area contributed by atoms with Gasteiger partial charge in [0.25, 0.3) is 5.92 Å². The van der Waals surface area contributed by atoms with Crippen molar-refractivity contribution < 1.29 is 13.5 Å². The van der Waals surface area contributed by atoms with Gasteiger partial charge in [-0.1, -0.05) is 13.8 Å². The number of alkyl halides is 2. The van der Waals surface area contributed by atoms with Crippen molar-refractivity contribution in [2.75, 3.05) is 33.3 Å². The fourth-order valence-electron chi connectivity index (χ4n) is 2.97. The lowest BCUT2D eigenvalue weighted by Crippen LogP contribution is -2.41. The highest BCUT2D eigenvalue weighted by molar-refractivity contribution is 4.78. The van der Waals surface area contributed by atoms with Crippen molar-refractivity contribution in [3.05, 3.63) is 0 Å². The minimum atomic E-state index is -2.44. The number of piperidine rings is 1. The molecule has 0 aromatic rings. The maximum absolute atomic E-state index is 13.0. The molecule has 1 aliphatic heterocycles. The van der Waals surface area contributed by atoms with E-state index in [2.05, 4.69) is 10.2 Å². The average molecular weight is 306 g/mol. The second-order valence-electron chi connectivity index (χ2n) is 5.83. The predicted octanol–water partition coefficient (Wildman–Crippen LogP) is 3.29. The lowest BCUT2D eigenvalue weighted by molar-refractivity contribution is -0.0627. The number of hydrogen-bond acceptors (Lipinski definition) is 3. The number of ether oxygens (including phenoxy) is 1. The molecule has 5 heteroatoms. The van der Waals surface area contributed by atoms with Crippen molar-refractivity contribution in [2.45, 2.75) is 70.4 Å². The zero-order valence-electron chi connectivity index (χ0n) is 13.8. The highest BCUT2D eigenvalue weighted by atomic mass is 19.3. The molecule has 1 N–H and O–H groups in total. The number of nitrogens with one attached hydrogen (secondary N) is 1. The van der Waals surface area contributed by atoms with Crippen LogP contribution in [-0.2, 0) is 4.74 Å². The number of rotatable bonds is 5. The molecule has 2 aliphatic rings. The van der Waals surface area contributed by atoms with Crippen LogP contribution in [0.1, 0.15) is 52.4 Å². The summed E-state index contributed by atoms with van der Waals surface area (Å²) in [5, 5.41) is 3.31. The van der Waals surface area contributed by atoms with Crippen LogP contribution in [0.5, 0.6) is 0 Å². The Hall–Kier alpha value is -0.260. The highest BCUT2D eigenvalue weighted by Gasteiger charge is 2.33. The third-order valence-electron chi connectivity index (χ3n) is 4.43. The first-order chi connectivity index (χ1) is 10.1. The van der Waals surface area contributed by atoms with Gasteiger partial charge in [-0.2, -0.15) is 0 Å². The molecule has 0 aromatic carbocycles. The van der Waals surface area contributed by atoms with Gasteiger partial charge in [0.05, 0.1) is 12.7 Å². The lowest BCUT2D eigenvalue weighted by Gasteiger charge is -2.32. The molecule has 3 nitrogen and oxygen atoms in total. The number of nitrogens with zero attached hydrogens (tertiary/aromatic N) is 1. The van der Waals surface area contributed by atoms with Gasteiger partial charge in [-0.05, 0) is 32.7 Å². The first-order valence-corrected chi connectivity index (χ1v) is 8.48. The zero-order chi connectivity index (χ0) is 15.7. The number of halogens is 2. The second kappa shape index (κ2) is 9.70. The van der Waals surface area contributed by atoms with Gasteiger partial charge in [0.2, 0.25) is 0 Å². The van der Waals surface area contributed by atoms with E-state index in [4.69, 9.17) is 4.74 Å². The van der Waals surface area contributed by atoms with Gasteiger partial charge < -0.3 is 15.0 Å². The Morgan fingerprint density at radius 3 is 2.19 bits per heavy atom. The van der Waals surface area contributed by atoms with Gasteiger partial charge in [0, 0.05) is 38.5 Å². The minimum Gasteiger partial charge on any atom is -0.377 e. The normalized spacial score (nSPS) is 29.6. The van der Waals surface area contributed by atoms with Crippen LogP contribution in [-0.4, -0.2) is 56.3 Å². The summed E-state index contributed by atoms with van der Waals surface area (Å²) >= 11 is 0. The van der Waals surface area contributed by atoms with Crippen molar-refractivity contribution in [2.24, 2.45) is 0 Å². The van der Waals surface area contributed by atoms with Crippen LogP contribution in [0, 0.1) is 0 Å². The molecule has 126 valence electrons. The molecular formula is C16H32F2N2O. The first-order valence-electron chi connectivity index (χ1n) is 8.48. The first kappa shape index (κ1) is 18.8. The van der Waals surface area contributed by atoms with E-state index in [1.807, 2.05) is 20.9 Å². The summed E-state index contributed by atoms with van der Waals surface area (Å²) in [6, 6.07) is 0.643. The Morgan fingerprint density at radius 2 is 1.67 bits per heavy atom. The fraction of sp³-hybridized carbons (Fsp3) is 1.00. The largest absolute Gasteiger partial charge is 0.377 e. The molecule has 0 amide bonds. The summed E-state index contributed by atoms with van der Waals surface area (Å²) in [6.07, 6.45) is 4.96. The van der Waals surface area contributed by atoms with Gasteiger partial charge in [-0.3, -0.25) is 0 Å². The SMILES string of the molecule is CC.CNC1CCC(OCCN2CCC(F)(F)CC2)CC1. The summed E-state index contributed by atoms with van der Waals surface area (Å²) in [7, 11) is 2.01. The average Bonchev–Trinajstić information content (AvgIpc) is 2.52. The molecule has 2 rings (SSSR count). The molecule has 0 atom stereocenters. The second-order valence-corrected chi connectivity index (χ2v) is 5.83. The quantitative estimate of drug-likeness (QED) is 0.843. The van der Waals surface area contributed by atoms with Gasteiger partial charge >= 0.3 is 0 Å². The number of likely N-dealkylation sites (tertiary alicyclic amines) is 1. The minimum absolute atomic E-state index is 0.000276. The molecule has 0 spiro atoms. The summed E-state index contributed by atoms with van der Waals surface area (Å²) in [6.45, 7) is 6.48. The van der Waals surface area contributed by atoms with Crippen molar-refractivity contribution >= 4 is 0 Å². The molecule has 0 aromatic heterocycles. The van der Waals surface area contributed by atoms with E-state index < -0.39 is 5.92 Å². The maximum atomic E-state index is 13.0. The van der Waals surface area contributed by atoms with Gasteiger partial charge in [-0.15, -0.1) is 0 Å². The molecule has 0 bridgehead atoms. The van der Waals surface area contributed by atoms with Crippen LogP contribution >= 0.6 is 0 Å². The van der Waals surface area contributed by atoms with Gasteiger partial charge in [0.15, 0.2) is 0 Å². The van der Waals surface area contributed by atoms with Crippen LogP contribution in [0.4, 0.5) is 8.78 Å². The van der Waals surface area contributed by atoms with E-state index in [0.717, 1.165) is 19.4 Å². The summed E-state index contributed by atoms with van der Waals surface area (Å²) < 4.78 is 31.9. The Balaban J connectivity index is 0.00000106. The predicted molar refractivity (Wildman–Crippen MR) is 83.0 cm³/mol. The molecule has 0 unspecified atom stereocenters. The fourth-order valence-corrected chi connectivity index (χ4v) is 2.97. The topological polar surface area (TPSA) is 24.5 Å². The van der Waals surface area contributed by atoms with Crippen molar-refractivity contribution in [1.29, 1.82) is 0 Å². The maximum Gasteiger partial charge on any atom is 0.250 e. The Labute approximate surface area is 128 Å². The van der Waals surface area contributed by atoms with Crippen LogP contribution in [0.3, 0.4) is 0 Å². The van der Waals surface area contributed by atoms with E-state index in [1.54, 1.807) is 0 Å². The van der Waals surface area contributed by atoms with Crippen molar-refractivity contribution in [1.82, 2.24) is 10.2 Å². The smallest absolute Gasteiger partial charge is 0.250 e. The van der Waals surface area contributed by atoms with Gasteiger partial charge in [-0.25, -0.2) is 8.78 Å². The highest BCUT2D eigenvalue weighted by Crippen LogP contribution is 2.27. The summed E-state index contributed by atoms with van der Waals surface area (Å²) in [5.41, 5.74) is 0. The molecular weight excluding hydrogens is 274 g/mol. The standard InChI is InChI=1S/C14H26F2N2O.C2H6/c1-17-12-2-4-13(5-3-12)19-11-10-18-8-6-14(15,16)7-9-18;1-2/h12-13,17H,2-11H2,1H3;1-2H3. The third-order valence-corrected chi connectivity index (χ3v) is 4.43. The van der Waals surface area contributed by atoms with Crippen LogP contribution in [0.2, 0.25) is 0 Å². The monoisotopic (exact) mass is 306 g/mol. The van der Waals surface area contributed by atoms with Gasteiger partial charge in [0.1, 0.15) is 0 Å². The molecule has 21 heavy (non-hydrogen) atoms. The van der Waals surface area contributed by atoms with E-state index in [0.29, 0.717) is 31.8 Å². The van der Waals surface area contributed by atoms with Crippen molar-refractivity contribution in [3.8, 4) is 0 Å². The molecule has 0 radical (unpaired) electrons. The molecule has 1 aliphatic carbocycles. The summed E-state index contributed by atoms with van der Waals surface area (Å²) in [5.74, 6) is -2.44. The van der Waals surface area contributed by atoms with Crippen LogP contribution in [0.25, 0.3) is 0 Å². The molecule has 1 heterocycles. The van der Waals surface area contributed by atoms with E-state index in [-0.39, 0.29) is 12.8 Å². The van der Waals surface area contributed by atoms with E-state index >= 15 is 0 Å². The Kier molecular flexibility index (Phi) is 8.67. The Bertz CT molecular complexity index is 259. The number of hydrogen-bond donors (Lipinski definition) is 1. The zero-order valence-corrected chi connectivity index (χ0v) is 13.8. The third kappa shape index (κ3) is 7.02. The lowest BCUT2D eigenvalue weighted by atomic mass is 9.93. The van der Waals surface area contributed by atoms with E-state index in [9.17, 15) is 8.78 Å². The Morgan fingerprint density at radius 1 is 1.10 bits per heavy atom. The van der Waals surface area contributed by atoms with Crippen molar-refractivity contribution in [3.63, 3.8) is 0 Å². The molecule has 2 fully saturated rings.